The van der Waals surface area contributed by atoms with Crippen molar-refractivity contribution in [1.29, 1.82) is 0 Å². The summed E-state index contributed by atoms with van der Waals surface area (Å²) in [5, 5.41) is 7.64. The number of pyridine rings is 1. The first-order valence-corrected chi connectivity index (χ1v) is 6.68. The minimum absolute atomic E-state index is 0.216. The molecule has 2 heterocycles. The van der Waals surface area contributed by atoms with Gasteiger partial charge in [0.15, 0.2) is 5.69 Å². The third-order valence-corrected chi connectivity index (χ3v) is 3.09. The highest BCUT2D eigenvalue weighted by Gasteiger charge is 2.09. The Bertz CT molecular complexity index is 569. The van der Waals surface area contributed by atoms with E-state index in [-0.39, 0.29) is 5.69 Å². The van der Waals surface area contributed by atoms with E-state index in [4.69, 9.17) is 5.84 Å². The third-order valence-electron chi connectivity index (χ3n) is 3.09. The van der Waals surface area contributed by atoms with Crippen LogP contribution in [-0.4, -0.2) is 50.9 Å². The van der Waals surface area contributed by atoms with Crippen LogP contribution in [0.1, 0.15) is 16.2 Å². The van der Waals surface area contributed by atoms with Crippen molar-refractivity contribution in [1.82, 2.24) is 30.3 Å². The number of nitrogens with zero attached hydrogens (tertiary/aromatic N) is 5. The number of nitrogens with one attached hydrogen (secondary N) is 1. The zero-order valence-corrected chi connectivity index (χ0v) is 11.9. The SMILES string of the molecule is CN(CCc1ccccn1)CCn1cc(C(=O)NN)nn1. The van der Waals surface area contributed by atoms with Crippen molar-refractivity contribution in [2.75, 3.05) is 20.1 Å². The fourth-order valence-electron chi connectivity index (χ4n) is 1.82. The smallest absolute Gasteiger partial charge is 0.287 e. The van der Waals surface area contributed by atoms with Crippen molar-refractivity contribution >= 4 is 5.91 Å². The van der Waals surface area contributed by atoms with E-state index in [1.165, 1.54) is 0 Å². The highest BCUT2D eigenvalue weighted by Crippen LogP contribution is 1.98. The lowest BCUT2D eigenvalue weighted by Crippen LogP contribution is -2.30. The van der Waals surface area contributed by atoms with Crippen LogP contribution in [0.4, 0.5) is 0 Å². The fraction of sp³-hybridized carbons (Fsp3) is 0.385. The number of likely N-dealkylation sites (N-methyl/N-ethyl adjacent to an activating group) is 1. The van der Waals surface area contributed by atoms with E-state index in [0.29, 0.717) is 6.54 Å². The molecule has 0 unspecified atom stereocenters. The first-order chi connectivity index (χ1) is 10.2. The molecule has 0 radical (unpaired) electrons. The molecule has 2 aromatic heterocycles. The Morgan fingerprint density at radius 3 is 3.00 bits per heavy atom. The van der Waals surface area contributed by atoms with Gasteiger partial charge in [0.25, 0.3) is 5.91 Å². The maximum absolute atomic E-state index is 11.3. The normalized spacial score (nSPS) is 10.8. The summed E-state index contributed by atoms with van der Waals surface area (Å²) >= 11 is 0. The van der Waals surface area contributed by atoms with Gasteiger partial charge in [-0.25, -0.2) is 5.84 Å². The molecule has 0 atom stereocenters. The zero-order chi connectivity index (χ0) is 15.1. The van der Waals surface area contributed by atoms with E-state index in [2.05, 4.69) is 20.2 Å². The van der Waals surface area contributed by atoms with E-state index in [1.54, 1.807) is 17.1 Å². The van der Waals surface area contributed by atoms with Crippen LogP contribution in [0.3, 0.4) is 0 Å². The van der Waals surface area contributed by atoms with Gasteiger partial charge in [0.1, 0.15) is 0 Å². The van der Waals surface area contributed by atoms with Crippen LogP contribution in [0.2, 0.25) is 0 Å². The lowest BCUT2D eigenvalue weighted by atomic mass is 10.2. The summed E-state index contributed by atoms with van der Waals surface area (Å²) in [6.07, 6.45) is 4.28. The Labute approximate surface area is 122 Å². The molecule has 0 bridgehead atoms. The minimum atomic E-state index is -0.440. The molecular formula is C13H19N7O. The van der Waals surface area contributed by atoms with Crippen LogP contribution in [-0.2, 0) is 13.0 Å². The molecule has 3 N–H and O–H groups in total. The molecule has 0 aliphatic heterocycles. The van der Waals surface area contributed by atoms with Gasteiger partial charge in [-0.1, -0.05) is 11.3 Å². The lowest BCUT2D eigenvalue weighted by molar-refractivity contribution is 0.0948. The number of nitrogen functional groups attached to an aromatic ring is 1. The van der Waals surface area contributed by atoms with E-state index in [1.807, 2.05) is 30.7 Å². The van der Waals surface area contributed by atoms with Gasteiger partial charge in [0, 0.05) is 31.4 Å². The molecular weight excluding hydrogens is 270 g/mol. The molecule has 8 nitrogen and oxygen atoms in total. The van der Waals surface area contributed by atoms with Gasteiger partial charge >= 0.3 is 0 Å². The van der Waals surface area contributed by atoms with E-state index in [0.717, 1.165) is 25.2 Å². The second-order valence-electron chi connectivity index (χ2n) is 4.71. The number of hydrogen-bond donors (Lipinski definition) is 2. The Morgan fingerprint density at radius 2 is 2.29 bits per heavy atom. The van der Waals surface area contributed by atoms with Crippen molar-refractivity contribution in [2.45, 2.75) is 13.0 Å². The van der Waals surface area contributed by atoms with E-state index >= 15 is 0 Å². The zero-order valence-electron chi connectivity index (χ0n) is 11.9. The Kier molecular flexibility index (Phi) is 5.35. The first-order valence-electron chi connectivity index (χ1n) is 6.68. The Hall–Kier alpha value is -2.32. The summed E-state index contributed by atoms with van der Waals surface area (Å²) in [6.45, 7) is 2.37. The predicted octanol–water partition coefficient (Wildman–Crippen LogP) is -0.549. The van der Waals surface area contributed by atoms with Gasteiger partial charge in [-0.05, 0) is 19.2 Å². The summed E-state index contributed by atoms with van der Waals surface area (Å²) in [4.78, 5) is 17.7. The summed E-state index contributed by atoms with van der Waals surface area (Å²) in [7, 11) is 2.04. The summed E-state index contributed by atoms with van der Waals surface area (Å²) in [5.74, 6) is 4.60. The number of hydrazine groups is 1. The molecule has 0 saturated carbocycles. The van der Waals surface area contributed by atoms with Crippen LogP contribution in [0.15, 0.2) is 30.6 Å². The van der Waals surface area contributed by atoms with Crippen LogP contribution in [0.5, 0.6) is 0 Å². The van der Waals surface area contributed by atoms with Crippen molar-refractivity contribution < 1.29 is 4.79 Å². The van der Waals surface area contributed by atoms with Crippen molar-refractivity contribution in [2.24, 2.45) is 5.84 Å². The van der Waals surface area contributed by atoms with Gasteiger partial charge in [0.05, 0.1) is 12.7 Å². The average Bonchev–Trinajstić information content (AvgIpc) is 3.00. The molecule has 1 amide bonds. The van der Waals surface area contributed by atoms with Crippen molar-refractivity contribution in [3.05, 3.63) is 42.0 Å². The molecule has 0 saturated heterocycles. The molecule has 0 aliphatic rings. The standard InChI is InChI=1S/C13H19N7O/c1-19(7-5-11-4-2-3-6-15-11)8-9-20-10-12(17-18-20)13(21)16-14/h2-4,6,10H,5,7-9,14H2,1H3,(H,16,21). The molecule has 2 rings (SSSR count). The third kappa shape index (κ3) is 4.62. The number of hydrogen-bond acceptors (Lipinski definition) is 6. The van der Waals surface area contributed by atoms with Crippen molar-refractivity contribution in [3.63, 3.8) is 0 Å². The van der Waals surface area contributed by atoms with Gasteiger partial charge in [-0.3, -0.25) is 19.9 Å². The highest BCUT2D eigenvalue weighted by atomic mass is 16.2. The van der Waals surface area contributed by atoms with Gasteiger partial charge in [-0.15, -0.1) is 5.10 Å². The van der Waals surface area contributed by atoms with Crippen LogP contribution in [0, 0.1) is 0 Å². The Balaban J connectivity index is 1.75. The lowest BCUT2D eigenvalue weighted by Gasteiger charge is -2.15. The topological polar surface area (TPSA) is 102 Å². The molecule has 0 fully saturated rings. The average molecular weight is 289 g/mol. The number of carbonyl (C=O) groups excluding carboxylic acids is 1. The van der Waals surface area contributed by atoms with Crippen molar-refractivity contribution in [3.8, 4) is 0 Å². The van der Waals surface area contributed by atoms with Crippen LogP contribution in [0.25, 0.3) is 0 Å². The number of amides is 1. The molecule has 0 aliphatic carbocycles. The molecule has 0 aromatic carbocycles. The monoisotopic (exact) mass is 289 g/mol. The quantitative estimate of drug-likeness (QED) is 0.403. The predicted molar refractivity (Wildman–Crippen MR) is 77.1 cm³/mol. The minimum Gasteiger partial charge on any atom is -0.304 e. The van der Waals surface area contributed by atoms with Gasteiger partial charge in [-0.2, -0.15) is 0 Å². The molecule has 8 heteroatoms. The maximum Gasteiger partial charge on any atom is 0.287 e. The molecule has 2 aromatic rings. The second-order valence-corrected chi connectivity index (χ2v) is 4.71. The number of rotatable bonds is 7. The number of carbonyl (C=O) groups is 1. The number of nitrogens with two attached hydrogens (primary N) is 1. The van der Waals surface area contributed by atoms with Crippen LogP contribution >= 0.6 is 0 Å². The maximum atomic E-state index is 11.3. The molecule has 21 heavy (non-hydrogen) atoms. The van der Waals surface area contributed by atoms with Crippen LogP contribution < -0.4 is 11.3 Å². The summed E-state index contributed by atoms with van der Waals surface area (Å²) in [6, 6.07) is 5.91. The van der Waals surface area contributed by atoms with E-state index < -0.39 is 5.91 Å². The number of aromatic nitrogens is 4. The van der Waals surface area contributed by atoms with E-state index in [9.17, 15) is 4.79 Å². The first kappa shape index (κ1) is 15.1. The largest absolute Gasteiger partial charge is 0.304 e. The highest BCUT2D eigenvalue weighted by molar-refractivity contribution is 5.91. The van der Waals surface area contributed by atoms with Gasteiger partial charge < -0.3 is 4.90 Å². The summed E-state index contributed by atoms with van der Waals surface area (Å²) < 4.78 is 1.63. The Morgan fingerprint density at radius 1 is 1.43 bits per heavy atom. The van der Waals surface area contributed by atoms with Gasteiger partial charge in [0.2, 0.25) is 0 Å². The molecule has 0 spiro atoms. The molecule has 112 valence electrons. The fourth-order valence-corrected chi connectivity index (χ4v) is 1.82. The summed E-state index contributed by atoms with van der Waals surface area (Å²) in [5.41, 5.74) is 3.32. The second kappa shape index (κ2) is 7.46.